The van der Waals surface area contributed by atoms with Gasteiger partial charge in [0.15, 0.2) is 8.32 Å². The number of nitrogens with zero attached hydrogens (tertiary/aromatic N) is 1. The van der Waals surface area contributed by atoms with Crippen molar-refractivity contribution < 1.29 is 14.0 Å². The summed E-state index contributed by atoms with van der Waals surface area (Å²) in [5.41, 5.74) is -0.436. The van der Waals surface area contributed by atoms with Gasteiger partial charge >= 0.3 is 6.09 Å². The number of likely N-dealkylation sites (tertiary alicyclic amines) is 1. The summed E-state index contributed by atoms with van der Waals surface area (Å²) in [6, 6.07) is 0.328. The molecule has 6 heteroatoms. The van der Waals surface area contributed by atoms with Crippen molar-refractivity contribution in [3.05, 3.63) is 0 Å². The molecule has 0 aromatic heterocycles. The molecule has 0 aliphatic carbocycles. The quantitative estimate of drug-likeness (QED) is 0.596. The highest BCUT2D eigenvalue weighted by molar-refractivity contribution is 6.74. The number of nitrogens with one attached hydrogen (secondary N) is 1. The SMILES string of the molecule is CC(C)(C)OC(=O)N1CCCC(NCCO[Si](C)(C)C(C)(C)C)C1. The molecule has 0 radical (unpaired) electrons. The van der Waals surface area contributed by atoms with Crippen LogP contribution in [0.5, 0.6) is 0 Å². The van der Waals surface area contributed by atoms with Crippen molar-refractivity contribution >= 4 is 14.4 Å². The molecular weight excluding hydrogens is 320 g/mol. The molecule has 1 amide bonds. The molecule has 1 heterocycles. The molecule has 1 aliphatic heterocycles. The molecular formula is C18H38N2O3Si. The van der Waals surface area contributed by atoms with Gasteiger partial charge in [-0.15, -0.1) is 0 Å². The van der Waals surface area contributed by atoms with Crippen molar-refractivity contribution in [3.63, 3.8) is 0 Å². The first-order valence-corrected chi connectivity index (χ1v) is 12.1. The van der Waals surface area contributed by atoms with Gasteiger partial charge in [-0.25, -0.2) is 4.79 Å². The van der Waals surface area contributed by atoms with E-state index in [1.165, 1.54) is 0 Å². The minimum atomic E-state index is -1.67. The fourth-order valence-corrected chi connectivity index (χ4v) is 3.47. The number of amides is 1. The Labute approximate surface area is 149 Å². The van der Waals surface area contributed by atoms with Gasteiger partial charge in [-0.05, 0) is 51.7 Å². The molecule has 1 fully saturated rings. The Balaban J connectivity index is 2.35. The lowest BCUT2D eigenvalue weighted by Gasteiger charge is -2.37. The van der Waals surface area contributed by atoms with Crippen LogP contribution in [0.25, 0.3) is 0 Å². The summed E-state index contributed by atoms with van der Waals surface area (Å²) in [5, 5.41) is 3.78. The molecule has 0 saturated carbocycles. The van der Waals surface area contributed by atoms with Crippen LogP contribution in [0.2, 0.25) is 18.1 Å². The molecule has 1 unspecified atom stereocenters. The lowest BCUT2D eigenvalue weighted by atomic mass is 10.1. The zero-order chi connectivity index (χ0) is 18.6. The monoisotopic (exact) mass is 358 g/mol. The van der Waals surface area contributed by atoms with E-state index < -0.39 is 13.9 Å². The lowest BCUT2D eigenvalue weighted by molar-refractivity contribution is 0.0187. The zero-order valence-electron chi connectivity index (χ0n) is 17.0. The van der Waals surface area contributed by atoms with Crippen LogP contribution in [0.4, 0.5) is 4.79 Å². The maximum Gasteiger partial charge on any atom is 0.410 e. The molecule has 1 rings (SSSR count). The van der Waals surface area contributed by atoms with E-state index in [-0.39, 0.29) is 11.1 Å². The molecule has 1 atom stereocenters. The first-order valence-electron chi connectivity index (χ1n) is 9.17. The molecule has 1 saturated heterocycles. The lowest BCUT2D eigenvalue weighted by Crippen LogP contribution is -2.50. The van der Waals surface area contributed by atoms with E-state index in [0.29, 0.717) is 6.04 Å². The second-order valence-electron chi connectivity index (χ2n) is 9.33. The van der Waals surface area contributed by atoms with Crippen molar-refractivity contribution in [2.45, 2.75) is 84.2 Å². The van der Waals surface area contributed by atoms with Gasteiger partial charge in [-0.3, -0.25) is 0 Å². The molecule has 5 nitrogen and oxygen atoms in total. The molecule has 142 valence electrons. The number of hydrogen-bond acceptors (Lipinski definition) is 4. The van der Waals surface area contributed by atoms with E-state index in [9.17, 15) is 4.79 Å². The van der Waals surface area contributed by atoms with Gasteiger partial charge in [0.2, 0.25) is 0 Å². The summed E-state index contributed by atoms with van der Waals surface area (Å²) < 4.78 is 11.7. The average Bonchev–Trinajstić information content (AvgIpc) is 2.41. The summed E-state index contributed by atoms with van der Waals surface area (Å²) in [4.78, 5) is 14.0. The van der Waals surface area contributed by atoms with Gasteiger partial charge in [0, 0.05) is 32.3 Å². The van der Waals surface area contributed by atoms with Crippen LogP contribution in [-0.2, 0) is 9.16 Å². The van der Waals surface area contributed by atoms with E-state index in [1.54, 1.807) is 0 Å². The highest BCUT2D eigenvalue weighted by atomic mass is 28.4. The van der Waals surface area contributed by atoms with E-state index >= 15 is 0 Å². The molecule has 0 bridgehead atoms. The third-order valence-electron chi connectivity index (χ3n) is 4.88. The summed E-state index contributed by atoms with van der Waals surface area (Å²) in [7, 11) is -1.67. The van der Waals surface area contributed by atoms with Crippen LogP contribution in [0.15, 0.2) is 0 Å². The third kappa shape index (κ3) is 7.11. The Morgan fingerprint density at radius 3 is 2.38 bits per heavy atom. The first kappa shape index (κ1) is 21.4. The van der Waals surface area contributed by atoms with Gasteiger partial charge < -0.3 is 19.4 Å². The fraction of sp³-hybridized carbons (Fsp3) is 0.944. The summed E-state index contributed by atoms with van der Waals surface area (Å²) in [5.74, 6) is 0. The molecule has 0 aromatic carbocycles. The number of hydrogen-bond donors (Lipinski definition) is 1. The van der Waals surface area contributed by atoms with Gasteiger partial charge in [-0.2, -0.15) is 0 Å². The van der Waals surface area contributed by atoms with Gasteiger partial charge in [-0.1, -0.05) is 20.8 Å². The van der Waals surface area contributed by atoms with Crippen molar-refractivity contribution in [2.24, 2.45) is 0 Å². The van der Waals surface area contributed by atoms with Crippen molar-refractivity contribution in [2.75, 3.05) is 26.2 Å². The zero-order valence-corrected chi connectivity index (χ0v) is 18.0. The number of carbonyl (C=O) groups excluding carboxylic acids is 1. The number of piperidine rings is 1. The fourth-order valence-electron chi connectivity index (χ4n) is 2.42. The second kappa shape index (κ2) is 8.19. The van der Waals surface area contributed by atoms with Gasteiger partial charge in [0.05, 0.1) is 0 Å². The van der Waals surface area contributed by atoms with Crippen LogP contribution in [0.1, 0.15) is 54.4 Å². The van der Waals surface area contributed by atoms with Gasteiger partial charge in [0.1, 0.15) is 5.60 Å². The van der Waals surface area contributed by atoms with Crippen LogP contribution in [0, 0.1) is 0 Å². The largest absolute Gasteiger partial charge is 0.444 e. The highest BCUT2D eigenvalue weighted by Crippen LogP contribution is 2.36. The maximum atomic E-state index is 12.2. The minimum Gasteiger partial charge on any atom is -0.444 e. The van der Waals surface area contributed by atoms with E-state index in [2.05, 4.69) is 39.2 Å². The first-order chi connectivity index (χ1) is 10.8. The van der Waals surface area contributed by atoms with E-state index in [4.69, 9.17) is 9.16 Å². The Morgan fingerprint density at radius 1 is 1.21 bits per heavy atom. The predicted octanol–water partition coefficient (Wildman–Crippen LogP) is 4.00. The van der Waals surface area contributed by atoms with Crippen molar-refractivity contribution in [1.29, 1.82) is 0 Å². The van der Waals surface area contributed by atoms with Crippen LogP contribution >= 0.6 is 0 Å². The van der Waals surface area contributed by atoms with E-state index in [1.807, 2.05) is 25.7 Å². The highest BCUT2D eigenvalue weighted by Gasteiger charge is 2.37. The Bertz CT molecular complexity index is 413. The number of rotatable bonds is 5. The van der Waals surface area contributed by atoms with Gasteiger partial charge in [0.25, 0.3) is 0 Å². The summed E-state index contributed by atoms with van der Waals surface area (Å²) in [6.45, 7) is 20.1. The van der Waals surface area contributed by atoms with Crippen LogP contribution < -0.4 is 5.32 Å². The predicted molar refractivity (Wildman–Crippen MR) is 102 cm³/mol. The second-order valence-corrected chi connectivity index (χ2v) is 14.1. The van der Waals surface area contributed by atoms with E-state index in [0.717, 1.165) is 39.1 Å². The normalized spacial score (nSPS) is 20.2. The average molecular weight is 359 g/mol. The third-order valence-corrected chi connectivity index (χ3v) is 9.42. The number of carbonyl (C=O) groups is 1. The Morgan fingerprint density at radius 2 is 1.83 bits per heavy atom. The number of ether oxygens (including phenoxy) is 1. The smallest absolute Gasteiger partial charge is 0.410 e. The molecule has 24 heavy (non-hydrogen) atoms. The van der Waals surface area contributed by atoms with Crippen molar-refractivity contribution in [1.82, 2.24) is 10.2 Å². The standard InChI is InChI=1S/C18H38N2O3Si/c1-17(2,3)23-16(21)20-12-9-10-15(14-20)19-11-13-22-24(7,8)18(4,5)6/h15,19H,9-14H2,1-8H3. The maximum absolute atomic E-state index is 12.2. The molecule has 1 aliphatic rings. The summed E-state index contributed by atoms with van der Waals surface area (Å²) in [6.07, 6.45) is 1.91. The van der Waals surface area contributed by atoms with Crippen LogP contribution in [-0.4, -0.2) is 57.2 Å². The molecule has 0 aromatic rings. The Hall–Kier alpha value is -0.593. The molecule has 1 N–H and O–H groups in total. The molecule has 0 spiro atoms. The summed E-state index contributed by atoms with van der Waals surface area (Å²) >= 11 is 0. The van der Waals surface area contributed by atoms with Crippen LogP contribution in [0.3, 0.4) is 0 Å². The minimum absolute atomic E-state index is 0.202. The topological polar surface area (TPSA) is 50.8 Å². The Kier molecular flexibility index (Phi) is 7.32. The van der Waals surface area contributed by atoms with Crippen molar-refractivity contribution in [3.8, 4) is 0 Å².